The van der Waals surface area contributed by atoms with Crippen LogP contribution in [0.2, 0.25) is 5.02 Å². The van der Waals surface area contributed by atoms with Gasteiger partial charge >= 0.3 is 23.9 Å². The van der Waals surface area contributed by atoms with Crippen LogP contribution in [0.25, 0.3) is 0 Å². The van der Waals surface area contributed by atoms with E-state index in [9.17, 15) is 45.1 Å². The van der Waals surface area contributed by atoms with E-state index in [1.807, 2.05) is 24.9 Å². The molecule has 1 aromatic carbocycles. The lowest BCUT2D eigenvalue weighted by Crippen LogP contribution is -2.48. The molecule has 1 unspecified atom stereocenters. The van der Waals surface area contributed by atoms with Crippen LogP contribution in [0.3, 0.4) is 0 Å². The molecule has 1 aliphatic carbocycles. The van der Waals surface area contributed by atoms with Gasteiger partial charge in [0.15, 0.2) is 0 Å². The molecule has 3 fully saturated rings. The van der Waals surface area contributed by atoms with Crippen LogP contribution >= 0.6 is 11.6 Å². The molecule has 1 spiro atoms. The molecule has 20 heteroatoms. The Morgan fingerprint density at radius 3 is 2.08 bits per heavy atom. The van der Waals surface area contributed by atoms with Gasteiger partial charge in [0.25, 0.3) is 0 Å². The molecule has 3 aromatic rings. The first-order valence-electron chi connectivity index (χ1n) is 19.4. The molecular formula is C40H45ClF8N6O5. The third-order valence-corrected chi connectivity index (χ3v) is 12.7. The zero-order chi connectivity index (χ0) is 44.1. The van der Waals surface area contributed by atoms with Gasteiger partial charge in [0.05, 0.1) is 27.9 Å². The minimum Gasteiger partial charge on any atom is -0.381 e. The van der Waals surface area contributed by atoms with E-state index in [-0.39, 0.29) is 24.0 Å². The molecule has 1 saturated carbocycles. The Kier molecular flexibility index (Phi) is 12.9. The lowest BCUT2D eigenvalue weighted by molar-refractivity contribution is -0.193. The molecule has 2 aromatic heterocycles. The summed E-state index contributed by atoms with van der Waals surface area (Å²) in [7, 11) is 3.99. The van der Waals surface area contributed by atoms with E-state index in [1.165, 1.54) is 12.1 Å². The number of benzene rings is 1. The molecule has 1 amide bonds. The number of carbonyl (C=O) groups is 3. The van der Waals surface area contributed by atoms with Crippen molar-refractivity contribution in [1.29, 1.82) is 0 Å². The van der Waals surface area contributed by atoms with Crippen molar-refractivity contribution in [2.24, 2.45) is 13.0 Å². The molecule has 4 aliphatic rings. The van der Waals surface area contributed by atoms with Crippen molar-refractivity contribution < 1.29 is 59.0 Å². The highest BCUT2D eigenvalue weighted by molar-refractivity contribution is 6.41. The van der Waals surface area contributed by atoms with Crippen LogP contribution in [0.15, 0.2) is 30.6 Å². The van der Waals surface area contributed by atoms with Crippen LogP contribution in [0, 0.1) is 24.5 Å². The van der Waals surface area contributed by atoms with Gasteiger partial charge in [-0.1, -0.05) is 17.7 Å². The molecule has 60 heavy (non-hydrogen) atoms. The van der Waals surface area contributed by atoms with Crippen LogP contribution in [-0.2, 0) is 41.9 Å². The molecule has 328 valence electrons. The Morgan fingerprint density at radius 2 is 1.53 bits per heavy atom. The maximum Gasteiger partial charge on any atom is 0.458 e. The summed E-state index contributed by atoms with van der Waals surface area (Å²) in [5, 5.41) is 4.89. The Hall–Kier alpha value is -4.07. The van der Waals surface area contributed by atoms with Gasteiger partial charge in [-0.15, -0.1) is 0 Å². The zero-order valence-electron chi connectivity index (χ0n) is 33.5. The smallest absolute Gasteiger partial charge is 0.381 e. The largest absolute Gasteiger partial charge is 0.458 e. The van der Waals surface area contributed by atoms with Crippen LogP contribution in [0.4, 0.5) is 35.1 Å². The Labute approximate surface area is 345 Å². The minimum absolute atomic E-state index is 0.0240. The average molecular weight is 877 g/mol. The Morgan fingerprint density at radius 1 is 0.917 bits per heavy atom. The number of aromatic nitrogens is 4. The second-order valence-corrected chi connectivity index (χ2v) is 16.8. The van der Waals surface area contributed by atoms with E-state index in [1.54, 1.807) is 11.0 Å². The number of ether oxygens (including phenoxy) is 2. The number of pyridine rings is 1. The fourth-order valence-corrected chi connectivity index (χ4v) is 9.29. The summed E-state index contributed by atoms with van der Waals surface area (Å²) in [6, 6.07) is 6.21. The lowest BCUT2D eigenvalue weighted by Gasteiger charge is -2.41. The first-order chi connectivity index (χ1) is 28.0. The molecule has 5 heterocycles. The predicted octanol–water partition coefficient (Wildman–Crippen LogP) is 7.24. The van der Waals surface area contributed by atoms with Gasteiger partial charge in [-0.3, -0.25) is 24.0 Å². The maximum atomic E-state index is 15.3. The second kappa shape index (κ2) is 17.0. The number of alkyl halides is 6. The van der Waals surface area contributed by atoms with Crippen molar-refractivity contribution in [3.8, 4) is 0 Å². The fourth-order valence-electron chi connectivity index (χ4n) is 9.13. The summed E-state index contributed by atoms with van der Waals surface area (Å²) < 4.78 is 111. The quantitative estimate of drug-likeness (QED) is 0.179. The van der Waals surface area contributed by atoms with Gasteiger partial charge < -0.3 is 19.3 Å². The van der Waals surface area contributed by atoms with Crippen molar-refractivity contribution in [1.82, 2.24) is 29.5 Å². The molecular weight excluding hydrogens is 832 g/mol. The summed E-state index contributed by atoms with van der Waals surface area (Å²) in [5.41, 5.74) is 1.75. The monoisotopic (exact) mass is 876 g/mol. The number of carbonyl (C=O) groups excluding carboxylic acids is 3. The van der Waals surface area contributed by atoms with Gasteiger partial charge in [-0.25, -0.2) is 13.8 Å². The number of piperidine rings is 1. The van der Waals surface area contributed by atoms with Crippen molar-refractivity contribution in [2.45, 2.75) is 107 Å². The number of fused-ring (bicyclic) bond motifs is 2. The number of likely N-dealkylation sites (tertiary alicyclic amines) is 1. The first-order valence-corrected chi connectivity index (χ1v) is 19.8. The minimum atomic E-state index is -5.77. The molecule has 7 rings (SSSR count). The molecule has 0 bridgehead atoms. The Bertz CT molecular complexity index is 2070. The summed E-state index contributed by atoms with van der Waals surface area (Å²) in [4.78, 5) is 47.6. The number of nitrogens with zero attached hydrogens (tertiary/aromatic N) is 6. The number of aryl methyl sites for hydroxylation is 2. The van der Waals surface area contributed by atoms with E-state index in [0.29, 0.717) is 55.4 Å². The standard InChI is InChI=1S/C36H45ClF2N6O3.C4F6O2/c1-21-29(37)19-28-31(42-21)36(48-32(28)35(2,3)34-40-20-41-44(34)5)10-12-45(13-11-36)33(46)27-18-24(43(4)23-8-14-47-15-9-23)17-26(27)25-7-6-22(38)16-30(25)39;5-3(6,7)1(11)2(12)4(8,9)10/h6-7,16,19-20,23-24,26-27,32H,8-15,17-18H2,1-5H3;/t24?,26-,27+,32-;/m0./s1. The van der Waals surface area contributed by atoms with Crippen LogP contribution in [0.5, 0.6) is 0 Å². The number of Topliss-reactive ketones (excluding diaryl/α,β-unsaturated/α-hetero) is 2. The van der Waals surface area contributed by atoms with E-state index in [0.717, 1.165) is 54.9 Å². The predicted molar refractivity (Wildman–Crippen MR) is 199 cm³/mol. The Balaban J connectivity index is 0.000000439. The molecule has 4 atom stereocenters. The van der Waals surface area contributed by atoms with Crippen molar-refractivity contribution in [2.75, 3.05) is 33.4 Å². The number of halogens is 9. The zero-order valence-corrected chi connectivity index (χ0v) is 34.2. The third kappa shape index (κ3) is 8.95. The summed E-state index contributed by atoms with van der Waals surface area (Å²) in [6.07, 6.45) is -6.09. The molecule has 2 saturated heterocycles. The van der Waals surface area contributed by atoms with Gasteiger partial charge in [0.1, 0.15) is 29.4 Å². The second-order valence-electron chi connectivity index (χ2n) is 16.4. The van der Waals surface area contributed by atoms with Crippen LogP contribution in [-0.4, -0.2) is 105 Å². The summed E-state index contributed by atoms with van der Waals surface area (Å²) in [5.74, 6) is -7.95. The molecule has 0 N–H and O–H groups in total. The maximum absolute atomic E-state index is 15.3. The lowest BCUT2D eigenvalue weighted by atomic mass is 9.80. The normalized spacial score (nSPS) is 23.4. The number of ketones is 2. The highest BCUT2D eigenvalue weighted by Crippen LogP contribution is 2.55. The number of rotatable bonds is 7. The SMILES string of the molecule is Cc1nc2c(cc1Cl)[C@@H](C(C)(C)c1ncnn1C)OC21CCN(C(=O)[C@@H]2CC(N(C)C3CCOCC3)C[C@H]2c2ccc(F)cc2F)CC1.O=C(C(=O)C(F)(F)F)C(F)(F)F. The first kappa shape index (κ1) is 45.5. The van der Waals surface area contributed by atoms with Gasteiger partial charge in [-0.05, 0) is 90.0 Å². The number of hydrogen-bond donors (Lipinski definition) is 0. The van der Waals surface area contributed by atoms with Crippen molar-refractivity contribution in [3.05, 3.63) is 75.6 Å². The molecule has 11 nitrogen and oxygen atoms in total. The van der Waals surface area contributed by atoms with Crippen molar-refractivity contribution >= 4 is 29.1 Å². The van der Waals surface area contributed by atoms with Gasteiger partial charge in [0, 0.05) is 63.0 Å². The van der Waals surface area contributed by atoms with Crippen LogP contribution in [0.1, 0.15) is 92.7 Å². The highest BCUT2D eigenvalue weighted by Gasteiger charge is 2.56. The van der Waals surface area contributed by atoms with E-state index >= 15 is 4.39 Å². The number of amides is 1. The van der Waals surface area contributed by atoms with E-state index in [4.69, 9.17) is 26.1 Å². The van der Waals surface area contributed by atoms with E-state index < -0.39 is 52.5 Å². The number of hydrogen-bond acceptors (Lipinski definition) is 9. The fraction of sp³-hybridized carbons (Fsp3) is 0.600. The molecule has 3 aliphatic heterocycles. The highest BCUT2D eigenvalue weighted by atomic mass is 35.5. The van der Waals surface area contributed by atoms with Gasteiger partial charge in [0.2, 0.25) is 5.91 Å². The summed E-state index contributed by atoms with van der Waals surface area (Å²) >= 11 is 6.63. The molecule has 0 radical (unpaired) electrons. The average Bonchev–Trinajstić information content (AvgIpc) is 3.91. The van der Waals surface area contributed by atoms with E-state index in [2.05, 4.69) is 35.9 Å². The topological polar surface area (TPSA) is 120 Å². The summed E-state index contributed by atoms with van der Waals surface area (Å²) in [6.45, 7) is 8.50. The van der Waals surface area contributed by atoms with Crippen molar-refractivity contribution in [3.63, 3.8) is 0 Å². The third-order valence-electron chi connectivity index (χ3n) is 12.3. The van der Waals surface area contributed by atoms with Gasteiger partial charge in [-0.2, -0.15) is 31.4 Å². The van der Waals surface area contributed by atoms with Crippen LogP contribution < -0.4 is 0 Å².